The van der Waals surface area contributed by atoms with Gasteiger partial charge in [0.15, 0.2) is 0 Å². The Labute approximate surface area is 440 Å². The molecule has 11 rings (SSSR count). The Morgan fingerprint density at radius 1 is 1.00 bits per heavy atom. The summed E-state index contributed by atoms with van der Waals surface area (Å²) >= 11 is 0. The zero-order valence-corrected chi connectivity index (χ0v) is 43.8. The first-order valence-corrected chi connectivity index (χ1v) is 27.5. The lowest BCUT2D eigenvalue weighted by atomic mass is 9.59. The number of carbonyl (C=O) groups is 1. The van der Waals surface area contributed by atoms with E-state index >= 15 is 4.39 Å². The standard InChI is InChI=1S/C56H63FN10O8S/c1-34(2)41-7-5-6-8-42(41)47-30-64(29-36-9-11-39(74-4)12-10-36)19-20-66(47)38-25-56(26-38)31-65(32-56)45-23-48(75-40-21-37-15-18-58-53(37)60-28-40)43(22-44(45)57)54(68)63-76(72,73)49-24-46(67(70)71)50(52-51(49)61-33-62-52)59-27-35-13-16-55(3,69)17-14-35/h5-12,15,18,21-24,28,33-35,38,47,59,69H,13-14,16-17,19-20,25-27,29-32H2,1-4H3,(H,58,60)(H,61,62)(H,63,68). The van der Waals surface area contributed by atoms with E-state index in [1.165, 1.54) is 35.3 Å². The zero-order valence-electron chi connectivity index (χ0n) is 43.0. The summed E-state index contributed by atoms with van der Waals surface area (Å²) in [5.41, 5.74) is 2.91. The molecule has 0 radical (unpaired) electrons. The molecule has 2 saturated carbocycles. The molecule has 3 aromatic heterocycles. The molecule has 76 heavy (non-hydrogen) atoms. The third-order valence-corrected chi connectivity index (χ3v) is 17.6. The van der Waals surface area contributed by atoms with Crippen molar-refractivity contribution in [2.24, 2.45) is 11.3 Å². The Hall–Kier alpha value is -7.13. The molecule has 0 bridgehead atoms. The number of nitro groups is 1. The van der Waals surface area contributed by atoms with E-state index in [-0.39, 0.29) is 51.3 Å². The smallest absolute Gasteiger partial charge is 0.296 e. The largest absolute Gasteiger partial charge is 0.497 e. The van der Waals surface area contributed by atoms with E-state index < -0.39 is 48.4 Å². The number of amides is 1. The molecule has 20 heteroatoms. The summed E-state index contributed by atoms with van der Waals surface area (Å²) in [6, 6.07) is 24.3. The number of sulfonamides is 1. The molecule has 1 amide bonds. The molecule has 4 aliphatic rings. The van der Waals surface area contributed by atoms with Crippen LogP contribution in [0.1, 0.15) is 98.3 Å². The van der Waals surface area contributed by atoms with E-state index in [4.69, 9.17) is 9.47 Å². The third kappa shape index (κ3) is 10.1. The van der Waals surface area contributed by atoms with Gasteiger partial charge in [-0.1, -0.05) is 50.2 Å². The molecule has 4 aromatic carbocycles. The van der Waals surface area contributed by atoms with Crippen LogP contribution in [-0.2, 0) is 16.6 Å². The lowest BCUT2D eigenvalue weighted by Gasteiger charge is -2.63. The first kappa shape index (κ1) is 51.0. The van der Waals surface area contributed by atoms with Crippen LogP contribution in [0.15, 0.2) is 102 Å². The Balaban J connectivity index is 0.828. The average Bonchev–Trinajstić information content (AvgIpc) is 4.11. The molecule has 18 nitrogen and oxygen atoms in total. The number of nitrogens with zero attached hydrogens (tertiary/aromatic N) is 6. The van der Waals surface area contributed by atoms with Crippen molar-refractivity contribution >= 4 is 55.1 Å². The van der Waals surface area contributed by atoms with E-state index in [0.29, 0.717) is 68.3 Å². The first-order valence-electron chi connectivity index (χ1n) is 26.0. The monoisotopic (exact) mass is 1050 g/mol. The van der Waals surface area contributed by atoms with Crippen LogP contribution in [0, 0.1) is 27.3 Å². The predicted molar refractivity (Wildman–Crippen MR) is 287 cm³/mol. The first-order chi connectivity index (χ1) is 36.4. The van der Waals surface area contributed by atoms with Crippen molar-refractivity contribution in [3.8, 4) is 17.2 Å². The van der Waals surface area contributed by atoms with E-state index in [0.717, 1.165) is 56.9 Å². The minimum atomic E-state index is -4.90. The summed E-state index contributed by atoms with van der Waals surface area (Å²) < 4.78 is 59.0. The van der Waals surface area contributed by atoms with Gasteiger partial charge in [-0.15, -0.1) is 0 Å². The second-order valence-electron chi connectivity index (χ2n) is 21.9. The maximum absolute atomic E-state index is 16.7. The fraction of sp³-hybridized carbons (Fsp3) is 0.411. The molecule has 1 spiro atoms. The number of nitrogens with one attached hydrogen (secondary N) is 4. The van der Waals surface area contributed by atoms with Crippen LogP contribution in [0.5, 0.6) is 17.2 Å². The Morgan fingerprint density at radius 2 is 1.76 bits per heavy atom. The van der Waals surface area contributed by atoms with Gasteiger partial charge in [0.1, 0.15) is 44.8 Å². The van der Waals surface area contributed by atoms with Crippen molar-refractivity contribution in [3.05, 3.63) is 136 Å². The number of rotatable bonds is 16. The molecule has 2 aliphatic carbocycles. The summed E-state index contributed by atoms with van der Waals surface area (Å²) in [5, 5.41) is 26.8. The molecule has 5 heterocycles. The van der Waals surface area contributed by atoms with Gasteiger partial charge in [0, 0.05) is 87.0 Å². The maximum Gasteiger partial charge on any atom is 0.296 e. The maximum atomic E-state index is 16.7. The predicted octanol–water partition coefficient (Wildman–Crippen LogP) is 9.41. The fourth-order valence-corrected chi connectivity index (χ4v) is 13.3. The number of fused-ring (bicyclic) bond motifs is 2. The number of piperazine rings is 1. The highest BCUT2D eigenvalue weighted by Crippen LogP contribution is 2.54. The van der Waals surface area contributed by atoms with E-state index in [2.05, 4.69) is 85.3 Å². The minimum absolute atomic E-state index is 0.0442. The van der Waals surface area contributed by atoms with Crippen LogP contribution >= 0.6 is 0 Å². The number of aliphatic hydroxyl groups is 1. The summed E-state index contributed by atoms with van der Waals surface area (Å²) in [6.45, 7) is 11.3. The van der Waals surface area contributed by atoms with Gasteiger partial charge in [-0.25, -0.2) is 27.5 Å². The van der Waals surface area contributed by atoms with E-state index in [9.17, 15) is 28.4 Å². The van der Waals surface area contributed by atoms with Gasteiger partial charge in [0.05, 0.1) is 46.9 Å². The average molecular weight is 1060 g/mol. The number of anilines is 2. The molecule has 4 fully saturated rings. The van der Waals surface area contributed by atoms with Gasteiger partial charge in [0.25, 0.3) is 21.6 Å². The molecule has 1 unspecified atom stereocenters. The van der Waals surface area contributed by atoms with Crippen molar-refractivity contribution < 1.29 is 37.1 Å². The Bertz CT molecular complexity index is 3430. The van der Waals surface area contributed by atoms with Gasteiger partial charge < -0.3 is 34.8 Å². The highest BCUT2D eigenvalue weighted by Gasteiger charge is 2.55. The summed E-state index contributed by atoms with van der Waals surface area (Å²) in [4.78, 5) is 47.2. The van der Waals surface area contributed by atoms with Gasteiger partial charge in [-0.3, -0.25) is 24.7 Å². The number of pyridine rings is 1. The highest BCUT2D eigenvalue weighted by molar-refractivity contribution is 7.90. The number of hydrogen-bond donors (Lipinski definition) is 5. The van der Waals surface area contributed by atoms with Gasteiger partial charge >= 0.3 is 0 Å². The van der Waals surface area contributed by atoms with Crippen LogP contribution in [0.3, 0.4) is 0 Å². The van der Waals surface area contributed by atoms with Gasteiger partial charge in [-0.05, 0) is 104 Å². The van der Waals surface area contributed by atoms with Crippen molar-refractivity contribution in [2.75, 3.05) is 56.6 Å². The van der Waals surface area contributed by atoms with Gasteiger partial charge in [0.2, 0.25) is 0 Å². The van der Waals surface area contributed by atoms with E-state index in [1.807, 2.05) is 21.8 Å². The molecule has 5 N–H and O–H groups in total. The van der Waals surface area contributed by atoms with Gasteiger partial charge in [-0.2, -0.15) is 0 Å². The van der Waals surface area contributed by atoms with Crippen LogP contribution < -0.4 is 24.4 Å². The molecular formula is C56H63FN10O8S. The number of aromatic amines is 2. The lowest BCUT2D eigenvalue weighted by molar-refractivity contribution is -0.384. The Kier molecular flexibility index (Phi) is 13.5. The van der Waals surface area contributed by atoms with Crippen molar-refractivity contribution in [2.45, 2.75) is 94.3 Å². The second kappa shape index (κ2) is 20.1. The number of nitro benzene ring substituents is 1. The topological polar surface area (TPSA) is 224 Å². The molecule has 2 aliphatic heterocycles. The van der Waals surface area contributed by atoms with Crippen LogP contribution in [0.2, 0.25) is 0 Å². The Morgan fingerprint density at radius 3 is 2.50 bits per heavy atom. The van der Waals surface area contributed by atoms with Crippen molar-refractivity contribution in [1.82, 2.24) is 34.5 Å². The van der Waals surface area contributed by atoms with Crippen LogP contribution in [0.4, 0.5) is 21.5 Å². The zero-order chi connectivity index (χ0) is 53.1. The molecular weight excluding hydrogens is 992 g/mol. The molecule has 398 valence electrons. The SMILES string of the molecule is COc1ccc(CN2CCN(C3CC4(C3)CN(c3cc(Oc5cnc6[nH]ccc6c5)c(C(=O)NS(=O)(=O)c5cc([N+](=O)[O-])c(NCC6CCC(C)(O)CC6)c6[nH]cnc56)cc3F)C4)C(c3ccccc3C(C)C)C2)cc1. The normalized spacial score (nSPS) is 21.2. The summed E-state index contributed by atoms with van der Waals surface area (Å²) in [6.07, 6.45) is 8.82. The number of benzene rings is 4. The number of H-pyrrole nitrogens is 2. The quantitative estimate of drug-likeness (QED) is 0.0449. The summed E-state index contributed by atoms with van der Waals surface area (Å²) in [7, 11) is -3.22. The van der Waals surface area contributed by atoms with E-state index in [1.54, 1.807) is 32.4 Å². The van der Waals surface area contributed by atoms with Crippen molar-refractivity contribution in [3.63, 3.8) is 0 Å². The third-order valence-electron chi connectivity index (χ3n) is 16.3. The summed E-state index contributed by atoms with van der Waals surface area (Å²) in [5.74, 6) is -0.570. The minimum Gasteiger partial charge on any atom is -0.497 e. The number of halogens is 1. The van der Waals surface area contributed by atoms with Crippen LogP contribution in [0.25, 0.3) is 22.1 Å². The number of methoxy groups -OCH3 is 1. The molecule has 7 aromatic rings. The van der Waals surface area contributed by atoms with Crippen molar-refractivity contribution in [1.29, 1.82) is 0 Å². The number of imidazole rings is 1. The number of hydrogen-bond acceptors (Lipinski definition) is 14. The number of carbonyl (C=O) groups excluding carboxylic acids is 1. The number of aromatic nitrogens is 4. The molecule has 1 atom stereocenters. The lowest BCUT2D eigenvalue weighted by Crippen LogP contribution is -2.68. The van der Waals surface area contributed by atoms with Crippen LogP contribution in [-0.4, -0.2) is 112 Å². The second-order valence-corrected chi connectivity index (χ2v) is 23.6. The fourth-order valence-electron chi connectivity index (χ4n) is 12.1. The molecule has 2 saturated heterocycles. The highest BCUT2D eigenvalue weighted by atomic mass is 32.2. The number of ether oxygens (including phenoxy) is 2.